The minimum Gasteiger partial charge on any atom is -0.465 e. The zero-order chi connectivity index (χ0) is 20.3. The summed E-state index contributed by atoms with van der Waals surface area (Å²) in [5.41, 5.74) is 0.795. The Bertz CT molecular complexity index is 755. The Labute approximate surface area is 163 Å². The molecule has 3 amide bonds. The van der Waals surface area contributed by atoms with Crippen LogP contribution in [-0.2, 0) is 16.1 Å². The van der Waals surface area contributed by atoms with E-state index in [-0.39, 0.29) is 24.9 Å². The van der Waals surface area contributed by atoms with Crippen molar-refractivity contribution in [2.75, 3.05) is 26.8 Å². The Kier molecular flexibility index (Phi) is 6.13. The Balaban J connectivity index is 1.90. The molecule has 2 heterocycles. The minimum atomic E-state index is -0.724. The fraction of sp³-hybridized carbons (Fsp3) is 0.526. The van der Waals surface area contributed by atoms with Crippen molar-refractivity contribution in [2.24, 2.45) is 4.99 Å². The lowest BCUT2D eigenvalue weighted by atomic mass is 10.1. The third-order valence-electron chi connectivity index (χ3n) is 4.80. The summed E-state index contributed by atoms with van der Waals surface area (Å²) in [7, 11) is 1.60. The van der Waals surface area contributed by atoms with Gasteiger partial charge in [0.1, 0.15) is 5.82 Å². The number of fused-ring (bicyclic) bond motifs is 1. The highest BCUT2D eigenvalue weighted by atomic mass is 19.1. The Morgan fingerprint density at radius 1 is 1.25 bits per heavy atom. The quantitative estimate of drug-likeness (QED) is 0.758. The number of aliphatic hydroxyl groups is 1. The molecule has 1 aromatic carbocycles. The molecule has 0 bridgehead atoms. The van der Waals surface area contributed by atoms with E-state index in [1.807, 2.05) is 6.92 Å². The molecule has 2 atom stereocenters. The highest BCUT2D eigenvalue weighted by Crippen LogP contribution is 2.29. The van der Waals surface area contributed by atoms with Crippen molar-refractivity contribution >= 4 is 18.0 Å². The van der Waals surface area contributed by atoms with Crippen molar-refractivity contribution in [1.82, 2.24) is 14.7 Å². The molecule has 1 N–H and O–H groups in total. The monoisotopic (exact) mass is 392 g/mol. The van der Waals surface area contributed by atoms with Crippen LogP contribution in [0.25, 0.3) is 0 Å². The largest absolute Gasteiger partial charge is 0.465 e. The molecule has 0 saturated carbocycles. The van der Waals surface area contributed by atoms with Gasteiger partial charge < -0.3 is 19.6 Å². The van der Waals surface area contributed by atoms with E-state index in [9.17, 15) is 14.0 Å². The van der Waals surface area contributed by atoms with Gasteiger partial charge >= 0.3 is 6.03 Å². The number of rotatable bonds is 7. The van der Waals surface area contributed by atoms with Gasteiger partial charge in [-0.15, -0.1) is 0 Å². The van der Waals surface area contributed by atoms with Gasteiger partial charge in [0, 0.05) is 26.7 Å². The average Bonchev–Trinajstić information content (AvgIpc) is 3.05. The normalized spacial score (nSPS) is 21.9. The van der Waals surface area contributed by atoms with Crippen molar-refractivity contribution in [3.05, 3.63) is 35.6 Å². The Hall–Kier alpha value is -2.68. The highest BCUT2D eigenvalue weighted by Gasteiger charge is 2.52. The number of aliphatic hydroxyl groups excluding tert-OH is 1. The SMILES string of the molecule is CCCOC1=NC2C(C(=O)N(CCCO)C(=O)N2C)N1Cc1ccc(F)cc1. The van der Waals surface area contributed by atoms with E-state index < -0.39 is 18.2 Å². The lowest BCUT2D eigenvalue weighted by Crippen LogP contribution is -2.65. The molecule has 2 unspecified atom stereocenters. The summed E-state index contributed by atoms with van der Waals surface area (Å²) >= 11 is 0. The summed E-state index contributed by atoms with van der Waals surface area (Å²) in [5, 5.41) is 9.08. The van der Waals surface area contributed by atoms with Gasteiger partial charge in [0.05, 0.1) is 6.61 Å². The molecule has 0 spiro atoms. The van der Waals surface area contributed by atoms with Crippen LogP contribution < -0.4 is 0 Å². The van der Waals surface area contributed by atoms with Crippen LogP contribution in [0.3, 0.4) is 0 Å². The second kappa shape index (κ2) is 8.55. The molecule has 8 nitrogen and oxygen atoms in total. The second-order valence-electron chi connectivity index (χ2n) is 6.83. The first-order valence-electron chi connectivity index (χ1n) is 9.38. The number of benzene rings is 1. The first-order valence-corrected chi connectivity index (χ1v) is 9.38. The van der Waals surface area contributed by atoms with Gasteiger partial charge in [0.15, 0.2) is 12.2 Å². The summed E-state index contributed by atoms with van der Waals surface area (Å²) in [6.07, 6.45) is 0.392. The molecule has 0 radical (unpaired) electrons. The van der Waals surface area contributed by atoms with Crippen molar-refractivity contribution in [2.45, 2.75) is 38.5 Å². The van der Waals surface area contributed by atoms with Gasteiger partial charge in [-0.05, 0) is 30.5 Å². The number of likely N-dealkylation sites (N-methyl/N-ethyl adjacent to an activating group) is 1. The number of carbonyl (C=O) groups excluding carboxylic acids is 2. The van der Waals surface area contributed by atoms with Crippen LogP contribution in [0.2, 0.25) is 0 Å². The maximum atomic E-state index is 13.3. The van der Waals surface area contributed by atoms with E-state index >= 15 is 0 Å². The zero-order valence-electron chi connectivity index (χ0n) is 16.0. The molecule has 2 aliphatic rings. The first-order chi connectivity index (χ1) is 13.5. The second-order valence-corrected chi connectivity index (χ2v) is 6.83. The molecule has 1 aromatic rings. The number of amides is 3. The topological polar surface area (TPSA) is 85.7 Å². The fourth-order valence-corrected chi connectivity index (χ4v) is 3.36. The summed E-state index contributed by atoms with van der Waals surface area (Å²) in [6.45, 7) is 2.71. The van der Waals surface area contributed by atoms with Crippen LogP contribution in [0, 0.1) is 5.82 Å². The molecular formula is C19H25FN4O4. The van der Waals surface area contributed by atoms with Crippen molar-refractivity contribution in [3.8, 4) is 0 Å². The van der Waals surface area contributed by atoms with Crippen LogP contribution in [-0.4, -0.2) is 76.8 Å². The molecule has 0 aromatic heterocycles. The summed E-state index contributed by atoms with van der Waals surface area (Å²) in [5.74, 6) is -0.712. The molecule has 0 aliphatic carbocycles. The molecule has 9 heteroatoms. The number of ether oxygens (including phenoxy) is 1. The van der Waals surface area contributed by atoms with E-state index in [1.165, 1.54) is 17.0 Å². The number of amidine groups is 1. The van der Waals surface area contributed by atoms with Crippen molar-refractivity contribution in [3.63, 3.8) is 0 Å². The van der Waals surface area contributed by atoms with E-state index in [0.717, 1.165) is 16.9 Å². The molecule has 28 heavy (non-hydrogen) atoms. The van der Waals surface area contributed by atoms with Crippen LogP contribution in [0.15, 0.2) is 29.3 Å². The van der Waals surface area contributed by atoms with Gasteiger partial charge in [0.2, 0.25) is 0 Å². The van der Waals surface area contributed by atoms with Crippen molar-refractivity contribution in [1.29, 1.82) is 0 Å². The van der Waals surface area contributed by atoms with Crippen LogP contribution >= 0.6 is 0 Å². The average molecular weight is 392 g/mol. The number of urea groups is 1. The fourth-order valence-electron chi connectivity index (χ4n) is 3.36. The van der Waals surface area contributed by atoms with Gasteiger partial charge in [-0.3, -0.25) is 9.69 Å². The van der Waals surface area contributed by atoms with E-state index in [0.29, 0.717) is 25.6 Å². The lowest BCUT2D eigenvalue weighted by molar-refractivity contribution is -0.138. The van der Waals surface area contributed by atoms with Gasteiger partial charge in [-0.25, -0.2) is 14.2 Å². The molecule has 1 fully saturated rings. The Morgan fingerprint density at radius 2 is 1.96 bits per heavy atom. The van der Waals surface area contributed by atoms with Gasteiger partial charge in [0.25, 0.3) is 11.9 Å². The number of aliphatic imine (C=N–C) groups is 1. The van der Waals surface area contributed by atoms with Gasteiger partial charge in [-0.1, -0.05) is 19.1 Å². The molecular weight excluding hydrogens is 367 g/mol. The first kappa shape index (κ1) is 20.1. The van der Waals surface area contributed by atoms with Crippen molar-refractivity contribution < 1.29 is 23.8 Å². The third-order valence-corrected chi connectivity index (χ3v) is 4.80. The highest BCUT2D eigenvalue weighted by molar-refractivity contribution is 6.03. The molecule has 1 saturated heterocycles. The summed E-state index contributed by atoms with van der Waals surface area (Å²) in [4.78, 5) is 34.5. The Morgan fingerprint density at radius 3 is 2.61 bits per heavy atom. The summed E-state index contributed by atoms with van der Waals surface area (Å²) in [6, 6.07) is 5.15. The standard InChI is InChI=1S/C19H25FN4O4/c1-3-11-28-18-21-16-15(24(18)12-13-5-7-14(20)8-6-13)17(26)23(9-4-10-25)19(27)22(16)2/h5-8,15-16,25H,3-4,9-12H2,1-2H3. The van der Waals surface area contributed by atoms with Crippen LogP contribution in [0.1, 0.15) is 25.3 Å². The maximum absolute atomic E-state index is 13.3. The van der Waals surface area contributed by atoms with Crippen LogP contribution in [0.5, 0.6) is 0 Å². The number of hydrogen-bond acceptors (Lipinski definition) is 6. The lowest BCUT2D eigenvalue weighted by Gasteiger charge is -2.41. The predicted octanol–water partition coefficient (Wildman–Crippen LogP) is 1.40. The van der Waals surface area contributed by atoms with Gasteiger partial charge in [-0.2, -0.15) is 0 Å². The minimum absolute atomic E-state index is 0.116. The maximum Gasteiger partial charge on any atom is 0.328 e. The summed E-state index contributed by atoms with van der Waals surface area (Å²) < 4.78 is 19.0. The number of carbonyl (C=O) groups is 2. The molecule has 2 aliphatic heterocycles. The van der Waals surface area contributed by atoms with Crippen LogP contribution in [0.4, 0.5) is 9.18 Å². The van der Waals surface area contributed by atoms with E-state index in [2.05, 4.69) is 4.99 Å². The zero-order valence-corrected chi connectivity index (χ0v) is 16.0. The number of hydrogen-bond donors (Lipinski definition) is 1. The number of imide groups is 1. The molecule has 152 valence electrons. The number of nitrogens with zero attached hydrogens (tertiary/aromatic N) is 4. The third kappa shape index (κ3) is 3.80. The van der Waals surface area contributed by atoms with E-state index in [4.69, 9.17) is 9.84 Å². The van der Waals surface area contributed by atoms with E-state index in [1.54, 1.807) is 24.1 Å². The number of halogens is 1. The molecule has 3 rings (SSSR count). The smallest absolute Gasteiger partial charge is 0.328 e. The predicted molar refractivity (Wildman–Crippen MR) is 99.8 cm³/mol.